The van der Waals surface area contributed by atoms with E-state index in [1.807, 2.05) is 19.1 Å². The summed E-state index contributed by atoms with van der Waals surface area (Å²) in [5, 5.41) is 17.0. The van der Waals surface area contributed by atoms with E-state index < -0.39 is 4.92 Å². The van der Waals surface area contributed by atoms with Crippen molar-refractivity contribution in [3.05, 3.63) is 67.7 Å². The van der Waals surface area contributed by atoms with E-state index in [1.165, 1.54) is 24.1 Å². The van der Waals surface area contributed by atoms with Crippen molar-refractivity contribution in [1.29, 1.82) is 0 Å². The Balaban J connectivity index is 2.22. The molecule has 1 heterocycles. The Morgan fingerprint density at radius 1 is 1.33 bits per heavy atom. The Bertz CT molecular complexity index is 941. The number of carbonyl (C=O) groups excluding carboxylic acids is 1. The van der Waals surface area contributed by atoms with Crippen molar-refractivity contribution in [1.82, 2.24) is 5.01 Å². The average molecular weight is 432 g/mol. The molecule has 0 fully saturated rings. The van der Waals surface area contributed by atoms with E-state index in [-0.39, 0.29) is 17.6 Å². The molecule has 27 heavy (non-hydrogen) atoms. The first kappa shape index (κ1) is 19.0. The third kappa shape index (κ3) is 3.71. The van der Waals surface area contributed by atoms with Gasteiger partial charge < -0.3 is 4.74 Å². The van der Waals surface area contributed by atoms with Crippen LogP contribution in [-0.4, -0.2) is 34.7 Å². The molecule has 8 heteroatoms. The summed E-state index contributed by atoms with van der Waals surface area (Å²) >= 11 is 3.51. The van der Waals surface area contributed by atoms with Gasteiger partial charge in [0.05, 0.1) is 28.3 Å². The lowest BCUT2D eigenvalue weighted by Crippen LogP contribution is -2.33. The van der Waals surface area contributed by atoms with Crippen LogP contribution >= 0.6 is 15.9 Å². The molecule has 140 valence electrons. The van der Waals surface area contributed by atoms with Gasteiger partial charge in [-0.25, -0.2) is 5.01 Å². The molecule has 1 atom stereocenters. The van der Waals surface area contributed by atoms with Crippen molar-refractivity contribution in [3.63, 3.8) is 0 Å². The van der Waals surface area contributed by atoms with Gasteiger partial charge in [0.2, 0.25) is 5.91 Å². The molecule has 1 amide bonds. The second-order valence-corrected chi connectivity index (χ2v) is 7.17. The molecule has 1 unspecified atom stereocenters. The fourth-order valence-electron chi connectivity index (χ4n) is 3.14. The number of hydrogen-bond donors (Lipinski definition) is 0. The minimum absolute atomic E-state index is 0.00151. The first-order valence-electron chi connectivity index (χ1n) is 8.31. The van der Waals surface area contributed by atoms with Gasteiger partial charge in [-0.3, -0.25) is 14.9 Å². The van der Waals surface area contributed by atoms with E-state index in [4.69, 9.17) is 4.74 Å². The predicted molar refractivity (Wildman–Crippen MR) is 105 cm³/mol. The maximum atomic E-state index is 12.1. The van der Waals surface area contributed by atoms with Gasteiger partial charge in [0.1, 0.15) is 5.75 Å². The number of hydrogen-bond acceptors (Lipinski definition) is 5. The maximum Gasteiger partial charge on any atom is 0.269 e. The quantitative estimate of drug-likeness (QED) is 0.544. The van der Waals surface area contributed by atoms with E-state index >= 15 is 0 Å². The van der Waals surface area contributed by atoms with Crippen molar-refractivity contribution < 1.29 is 14.5 Å². The van der Waals surface area contributed by atoms with Crippen molar-refractivity contribution >= 4 is 33.2 Å². The fraction of sp³-hybridized carbons (Fsp3) is 0.263. The van der Waals surface area contributed by atoms with E-state index in [0.717, 1.165) is 15.6 Å². The molecule has 0 aliphatic carbocycles. The van der Waals surface area contributed by atoms with Crippen LogP contribution in [0.25, 0.3) is 0 Å². The molecule has 1 aliphatic rings. The molecule has 0 saturated heterocycles. The number of benzene rings is 2. The van der Waals surface area contributed by atoms with Crippen LogP contribution in [0.15, 0.2) is 46.0 Å². The number of carbonyl (C=O) groups is 1. The second-order valence-electron chi connectivity index (χ2n) is 6.31. The van der Waals surface area contributed by atoms with Crippen LogP contribution in [-0.2, 0) is 11.2 Å². The number of hydrazone groups is 1. The number of fused-ring (bicyclic) bond motifs is 1. The van der Waals surface area contributed by atoms with Crippen LogP contribution in [0.2, 0.25) is 0 Å². The molecule has 0 bridgehead atoms. The number of halogens is 1. The lowest BCUT2D eigenvalue weighted by molar-refractivity contribution is -0.384. The zero-order chi connectivity index (χ0) is 19.7. The number of amides is 1. The molecule has 2 aromatic rings. The van der Waals surface area contributed by atoms with Gasteiger partial charge in [-0.15, -0.1) is 0 Å². The number of non-ortho nitro benzene ring substituents is 1. The van der Waals surface area contributed by atoms with Crippen molar-refractivity contribution in [2.75, 3.05) is 7.11 Å². The Morgan fingerprint density at radius 3 is 2.56 bits per heavy atom. The number of nitrogens with zero attached hydrogens (tertiary/aromatic N) is 3. The molecule has 0 radical (unpaired) electrons. The Morgan fingerprint density at radius 2 is 2.00 bits per heavy atom. The lowest BCUT2D eigenvalue weighted by atomic mass is 9.94. The lowest BCUT2D eigenvalue weighted by Gasteiger charge is -2.21. The highest BCUT2D eigenvalue weighted by molar-refractivity contribution is 9.10. The number of methoxy groups -OCH3 is 1. The highest BCUT2D eigenvalue weighted by Crippen LogP contribution is 2.33. The molecule has 0 aromatic heterocycles. The van der Waals surface area contributed by atoms with Crippen molar-refractivity contribution in [3.8, 4) is 5.75 Å². The van der Waals surface area contributed by atoms with Gasteiger partial charge in [0.25, 0.3) is 5.69 Å². The summed E-state index contributed by atoms with van der Waals surface area (Å²) in [4.78, 5) is 22.6. The second kappa shape index (κ2) is 7.48. The molecule has 7 nitrogen and oxygen atoms in total. The zero-order valence-corrected chi connectivity index (χ0v) is 16.7. The zero-order valence-electron chi connectivity index (χ0n) is 15.1. The van der Waals surface area contributed by atoms with Crippen LogP contribution < -0.4 is 4.74 Å². The van der Waals surface area contributed by atoms with Crippen LogP contribution in [0.4, 0.5) is 5.69 Å². The SMILES string of the molecule is COc1cc2c(cc1Br)CC(C)N(C(C)=O)N=C2c1ccc([N+](=O)[O-])cc1. The van der Waals surface area contributed by atoms with Crippen LogP contribution in [0, 0.1) is 10.1 Å². The summed E-state index contributed by atoms with van der Waals surface area (Å²) in [6, 6.07) is 9.86. The fourth-order valence-corrected chi connectivity index (χ4v) is 3.69. The smallest absolute Gasteiger partial charge is 0.269 e. The van der Waals surface area contributed by atoms with E-state index in [1.54, 1.807) is 19.2 Å². The Hall–Kier alpha value is -2.74. The van der Waals surface area contributed by atoms with Gasteiger partial charge in [0, 0.05) is 30.2 Å². The number of nitro groups is 1. The van der Waals surface area contributed by atoms with E-state index in [0.29, 0.717) is 23.4 Å². The maximum absolute atomic E-state index is 12.1. The Kier molecular flexibility index (Phi) is 5.27. The molecule has 0 spiro atoms. The van der Waals surface area contributed by atoms with Gasteiger partial charge in [-0.05, 0) is 59.1 Å². The molecule has 2 aromatic carbocycles. The first-order valence-corrected chi connectivity index (χ1v) is 9.11. The number of nitro benzene ring substituents is 1. The summed E-state index contributed by atoms with van der Waals surface area (Å²) in [7, 11) is 1.58. The largest absolute Gasteiger partial charge is 0.496 e. The summed E-state index contributed by atoms with van der Waals surface area (Å²) in [6.07, 6.45) is 0.623. The molecule has 0 N–H and O–H groups in total. The molecular weight excluding hydrogens is 414 g/mol. The van der Waals surface area contributed by atoms with Crippen LogP contribution in [0.3, 0.4) is 0 Å². The summed E-state index contributed by atoms with van der Waals surface area (Å²) in [5.41, 5.74) is 3.10. The van der Waals surface area contributed by atoms with Gasteiger partial charge >= 0.3 is 0 Å². The summed E-state index contributed by atoms with van der Waals surface area (Å²) in [5.74, 6) is 0.480. The third-order valence-corrected chi connectivity index (χ3v) is 5.07. The third-order valence-electron chi connectivity index (χ3n) is 4.45. The first-order chi connectivity index (χ1) is 12.8. The predicted octanol–water partition coefficient (Wildman–Crippen LogP) is 3.91. The van der Waals surface area contributed by atoms with Gasteiger partial charge in [-0.2, -0.15) is 5.10 Å². The highest BCUT2D eigenvalue weighted by atomic mass is 79.9. The normalized spacial score (nSPS) is 16.2. The number of rotatable bonds is 3. The molecule has 0 saturated carbocycles. The topological polar surface area (TPSA) is 85.0 Å². The molecule has 3 rings (SSSR count). The van der Waals surface area contributed by atoms with E-state index in [2.05, 4.69) is 21.0 Å². The average Bonchev–Trinajstić information content (AvgIpc) is 2.76. The monoisotopic (exact) mass is 431 g/mol. The standard InChI is InChI=1S/C19H18BrN3O4/c1-11-8-14-9-17(20)18(27-3)10-16(14)19(21-22(11)12(2)24)13-4-6-15(7-5-13)23(25)26/h4-7,9-11H,8H2,1-3H3. The van der Waals surface area contributed by atoms with Gasteiger partial charge in [0.15, 0.2) is 0 Å². The highest BCUT2D eigenvalue weighted by Gasteiger charge is 2.27. The molecular formula is C19H18BrN3O4. The van der Waals surface area contributed by atoms with Crippen LogP contribution in [0.5, 0.6) is 5.75 Å². The molecule has 1 aliphatic heterocycles. The van der Waals surface area contributed by atoms with Crippen molar-refractivity contribution in [2.45, 2.75) is 26.3 Å². The van der Waals surface area contributed by atoms with Crippen molar-refractivity contribution in [2.24, 2.45) is 5.10 Å². The van der Waals surface area contributed by atoms with Crippen LogP contribution in [0.1, 0.15) is 30.5 Å². The van der Waals surface area contributed by atoms with Gasteiger partial charge in [-0.1, -0.05) is 0 Å². The number of ether oxygens (including phenoxy) is 1. The summed E-state index contributed by atoms with van der Waals surface area (Å²) in [6.45, 7) is 3.41. The minimum atomic E-state index is -0.448. The minimum Gasteiger partial charge on any atom is -0.496 e. The summed E-state index contributed by atoms with van der Waals surface area (Å²) < 4.78 is 6.23. The Labute approximate surface area is 164 Å². The van der Waals surface area contributed by atoms with E-state index in [9.17, 15) is 14.9 Å².